The van der Waals surface area contributed by atoms with Crippen LogP contribution in [0.3, 0.4) is 0 Å². The van der Waals surface area contributed by atoms with E-state index < -0.39 is 11.8 Å². The number of hydrazone groups is 1. The van der Waals surface area contributed by atoms with Crippen molar-refractivity contribution in [2.24, 2.45) is 5.10 Å². The van der Waals surface area contributed by atoms with Crippen molar-refractivity contribution >= 4 is 46.9 Å². The van der Waals surface area contributed by atoms with Crippen LogP contribution in [0.25, 0.3) is 0 Å². The van der Waals surface area contributed by atoms with Crippen molar-refractivity contribution in [2.75, 3.05) is 23.8 Å². The van der Waals surface area contributed by atoms with E-state index in [9.17, 15) is 14.4 Å². The van der Waals surface area contributed by atoms with Crippen LogP contribution in [-0.4, -0.2) is 37.1 Å². The molecule has 3 rings (SSSR count). The summed E-state index contributed by atoms with van der Waals surface area (Å²) >= 11 is 5.82. The molecule has 184 valence electrons. The Morgan fingerprint density at radius 1 is 0.806 bits per heavy atom. The summed E-state index contributed by atoms with van der Waals surface area (Å²) < 4.78 is 10.8. The molecule has 0 bridgehead atoms. The summed E-state index contributed by atoms with van der Waals surface area (Å²) in [4.78, 5) is 36.0. The number of anilines is 2. The minimum Gasteiger partial charge on any atom is -0.490 e. The topological polar surface area (TPSA) is 118 Å². The van der Waals surface area contributed by atoms with Crippen molar-refractivity contribution in [2.45, 2.75) is 0 Å². The molecule has 3 amide bonds. The Morgan fingerprint density at radius 3 is 2.06 bits per heavy atom. The van der Waals surface area contributed by atoms with E-state index in [0.717, 1.165) is 0 Å². The maximum Gasteiger partial charge on any atom is 0.329 e. The van der Waals surface area contributed by atoms with Gasteiger partial charge in [-0.3, -0.25) is 14.4 Å². The Hall–Kier alpha value is -4.63. The fourth-order valence-corrected chi connectivity index (χ4v) is 2.85. The second-order valence-electron chi connectivity index (χ2n) is 7.19. The van der Waals surface area contributed by atoms with Crippen LogP contribution < -0.4 is 25.5 Å². The Bertz CT molecular complexity index is 1230. The van der Waals surface area contributed by atoms with E-state index in [4.69, 9.17) is 21.1 Å². The first-order valence-electron chi connectivity index (χ1n) is 10.7. The number of carbonyl (C=O) groups is 3. The summed E-state index contributed by atoms with van der Waals surface area (Å²) in [6.07, 6.45) is 2.99. The van der Waals surface area contributed by atoms with Gasteiger partial charge in [-0.1, -0.05) is 24.3 Å². The van der Waals surface area contributed by atoms with Crippen LogP contribution in [0.2, 0.25) is 5.02 Å². The summed E-state index contributed by atoms with van der Waals surface area (Å²) in [6, 6.07) is 19.9. The van der Waals surface area contributed by atoms with Gasteiger partial charge in [0.05, 0.1) is 6.21 Å². The van der Waals surface area contributed by atoms with Gasteiger partial charge in [-0.15, -0.1) is 0 Å². The fourth-order valence-electron chi connectivity index (χ4n) is 2.72. The van der Waals surface area contributed by atoms with Gasteiger partial charge in [0.25, 0.3) is 5.91 Å². The third-order valence-electron chi connectivity index (χ3n) is 4.44. The average Bonchev–Trinajstić information content (AvgIpc) is 2.89. The molecule has 3 aromatic carbocycles. The standard InChI is InChI=1S/C26H23ClN4O5/c1-2-15-35-22-13-9-21(10-14-22)30-25(33)26(34)31-28-16-18-3-11-23(12-4-18)36-17-24(32)29-20-7-5-19(27)6-8-20/h2-14,16H,1,15,17H2,(H,29,32)(H,30,33)(H,31,34)/b28-16-. The molecule has 0 unspecified atom stereocenters. The lowest BCUT2D eigenvalue weighted by molar-refractivity contribution is -0.136. The second-order valence-corrected chi connectivity index (χ2v) is 7.63. The van der Waals surface area contributed by atoms with Crippen molar-refractivity contribution in [1.29, 1.82) is 0 Å². The largest absolute Gasteiger partial charge is 0.490 e. The molecule has 3 N–H and O–H groups in total. The van der Waals surface area contributed by atoms with Gasteiger partial charge in [0, 0.05) is 16.4 Å². The first-order chi connectivity index (χ1) is 17.4. The Morgan fingerprint density at radius 2 is 1.39 bits per heavy atom. The number of hydrogen-bond acceptors (Lipinski definition) is 6. The molecule has 0 saturated carbocycles. The lowest BCUT2D eigenvalue weighted by Crippen LogP contribution is -2.32. The summed E-state index contributed by atoms with van der Waals surface area (Å²) in [5, 5.41) is 9.52. The monoisotopic (exact) mass is 506 g/mol. The van der Waals surface area contributed by atoms with Gasteiger partial charge in [-0.05, 0) is 78.4 Å². The Kier molecular flexibility index (Phi) is 9.60. The Balaban J connectivity index is 1.40. The minimum absolute atomic E-state index is 0.175. The molecule has 0 aromatic heterocycles. The maximum atomic E-state index is 12.0. The molecule has 0 saturated heterocycles. The van der Waals surface area contributed by atoms with E-state index in [0.29, 0.717) is 40.1 Å². The molecule has 0 aliphatic heterocycles. The van der Waals surface area contributed by atoms with Crippen molar-refractivity contribution in [3.05, 3.63) is 96.0 Å². The lowest BCUT2D eigenvalue weighted by Gasteiger charge is -2.08. The number of nitrogens with one attached hydrogen (secondary N) is 3. The first kappa shape index (κ1) is 26.0. The van der Waals surface area contributed by atoms with E-state index >= 15 is 0 Å². The van der Waals surface area contributed by atoms with Crippen molar-refractivity contribution in [3.63, 3.8) is 0 Å². The number of amides is 3. The average molecular weight is 507 g/mol. The molecular formula is C26H23ClN4O5. The number of rotatable bonds is 10. The number of ether oxygens (including phenoxy) is 2. The van der Waals surface area contributed by atoms with Gasteiger partial charge in [0.1, 0.15) is 18.1 Å². The van der Waals surface area contributed by atoms with Gasteiger partial charge in [-0.2, -0.15) is 5.10 Å². The SMILES string of the molecule is C=CCOc1ccc(NC(=O)C(=O)N/N=C\c2ccc(OCC(=O)Nc3ccc(Cl)cc3)cc2)cc1. The van der Waals surface area contributed by atoms with Crippen molar-refractivity contribution < 1.29 is 23.9 Å². The van der Waals surface area contributed by atoms with Gasteiger partial charge in [0.15, 0.2) is 6.61 Å². The van der Waals surface area contributed by atoms with Crippen LogP contribution in [0.15, 0.2) is 90.6 Å². The second kappa shape index (κ2) is 13.3. The molecule has 0 radical (unpaired) electrons. The smallest absolute Gasteiger partial charge is 0.329 e. The zero-order chi connectivity index (χ0) is 25.8. The minimum atomic E-state index is -0.926. The van der Waals surface area contributed by atoms with E-state index in [2.05, 4.69) is 27.7 Å². The first-order valence-corrected chi connectivity index (χ1v) is 11.1. The highest BCUT2D eigenvalue weighted by Gasteiger charge is 2.12. The predicted molar refractivity (Wildman–Crippen MR) is 139 cm³/mol. The number of hydrogen-bond donors (Lipinski definition) is 3. The fraction of sp³-hybridized carbons (Fsp3) is 0.0769. The molecule has 36 heavy (non-hydrogen) atoms. The molecule has 0 aliphatic rings. The molecule has 0 atom stereocenters. The highest BCUT2D eigenvalue weighted by atomic mass is 35.5. The number of benzene rings is 3. The normalized spacial score (nSPS) is 10.4. The lowest BCUT2D eigenvalue weighted by atomic mass is 10.2. The van der Waals surface area contributed by atoms with Crippen LogP contribution in [0.1, 0.15) is 5.56 Å². The van der Waals surface area contributed by atoms with Crippen molar-refractivity contribution in [1.82, 2.24) is 5.43 Å². The zero-order valence-electron chi connectivity index (χ0n) is 19.1. The van der Waals surface area contributed by atoms with E-state index in [1.165, 1.54) is 6.21 Å². The molecule has 0 heterocycles. The summed E-state index contributed by atoms with van der Waals surface area (Å²) in [5.74, 6) is -1.03. The Labute approximate surface area is 212 Å². The van der Waals surface area contributed by atoms with E-state index in [1.807, 2.05) is 0 Å². The van der Waals surface area contributed by atoms with Crippen LogP contribution >= 0.6 is 11.6 Å². The summed E-state index contributed by atoms with van der Waals surface area (Å²) in [7, 11) is 0. The molecule has 0 aliphatic carbocycles. The number of carbonyl (C=O) groups excluding carboxylic acids is 3. The van der Waals surface area contributed by atoms with Crippen LogP contribution in [-0.2, 0) is 14.4 Å². The van der Waals surface area contributed by atoms with Gasteiger partial charge >= 0.3 is 11.8 Å². The van der Waals surface area contributed by atoms with E-state index in [1.54, 1.807) is 78.9 Å². The van der Waals surface area contributed by atoms with E-state index in [-0.39, 0.29) is 12.5 Å². The summed E-state index contributed by atoms with van der Waals surface area (Å²) in [6.45, 7) is 3.76. The van der Waals surface area contributed by atoms with Crippen LogP contribution in [0.4, 0.5) is 11.4 Å². The molecule has 0 spiro atoms. The molecular weight excluding hydrogens is 484 g/mol. The molecule has 10 heteroatoms. The molecule has 3 aromatic rings. The number of nitrogens with zero attached hydrogens (tertiary/aromatic N) is 1. The van der Waals surface area contributed by atoms with Gasteiger partial charge < -0.3 is 20.1 Å². The quantitative estimate of drug-likeness (QED) is 0.166. The highest BCUT2D eigenvalue weighted by Crippen LogP contribution is 2.16. The highest BCUT2D eigenvalue weighted by molar-refractivity contribution is 6.39. The third-order valence-corrected chi connectivity index (χ3v) is 4.70. The van der Waals surface area contributed by atoms with Gasteiger partial charge in [0.2, 0.25) is 0 Å². The number of halogens is 1. The third kappa shape index (κ3) is 8.62. The van der Waals surface area contributed by atoms with Crippen LogP contribution in [0, 0.1) is 0 Å². The summed E-state index contributed by atoms with van der Waals surface area (Å²) in [5.41, 5.74) is 3.85. The van der Waals surface area contributed by atoms with Crippen LogP contribution in [0.5, 0.6) is 11.5 Å². The maximum absolute atomic E-state index is 12.0. The molecule has 0 fully saturated rings. The zero-order valence-corrected chi connectivity index (χ0v) is 19.8. The van der Waals surface area contributed by atoms with Gasteiger partial charge in [-0.25, -0.2) is 5.43 Å². The predicted octanol–water partition coefficient (Wildman–Crippen LogP) is 4.01. The molecule has 9 nitrogen and oxygen atoms in total. The van der Waals surface area contributed by atoms with Crippen molar-refractivity contribution in [3.8, 4) is 11.5 Å².